The highest BCUT2D eigenvalue weighted by Gasteiger charge is 2.22. The number of nitriles is 1. The monoisotopic (exact) mass is 448 g/mol. The molecule has 2 heterocycles. The van der Waals surface area contributed by atoms with Crippen LogP contribution in [0, 0.1) is 11.3 Å². The van der Waals surface area contributed by atoms with E-state index in [-0.39, 0.29) is 0 Å². The van der Waals surface area contributed by atoms with Crippen LogP contribution in [0.2, 0.25) is 5.02 Å². The molecule has 166 valence electrons. The Labute approximate surface area is 195 Å². The van der Waals surface area contributed by atoms with Crippen molar-refractivity contribution in [1.82, 2.24) is 9.88 Å². The molecule has 0 amide bonds. The number of nitrogens with one attached hydrogen (secondary N) is 1. The van der Waals surface area contributed by atoms with E-state index >= 15 is 0 Å². The second-order valence-electron chi connectivity index (χ2n) is 8.35. The van der Waals surface area contributed by atoms with E-state index in [4.69, 9.17) is 21.3 Å². The van der Waals surface area contributed by atoms with Crippen LogP contribution in [0.4, 0.5) is 5.69 Å². The number of likely N-dealkylation sites (tertiary alicyclic amines) is 1. The zero-order valence-electron chi connectivity index (χ0n) is 18.7. The highest BCUT2D eigenvalue weighted by molar-refractivity contribution is 6.32. The van der Waals surface area contributed by atoms with Crippen molar-refractivity contribution in [3.05, 3.63) is 64.3 Å². The van der Waals surface area contributed by atoms with Gasteiger partial charge < -0.3 is 10.1 Å². The fourth-order valence-electron chi connectivity index (χ4n) is 4.59. The van der Waals surface area contributed by atoms with E-state index in [9.17, 15) is 5.26 Å². The van der Waals surface area contributed by atoms with E-state index in [1.54, 1.807) is 7.11 Å². The summed E-state index contributed by atoms with van der Waals surface area (Å²) >= 11 is 6.33. The zero-order valence-corrected chi connectivity index (χ0v) is 19.5. The lowest BCUT2D eigenvalue weighted by molar-refractivity contribution is 0.136. The van der Waals surface area contributed by atoms with Gasteiger partial charge in [-0.15, -0.1) is 0 Å². The van der Waals surface area contributed by atoms with Gasteiger partial charge in [0.25, 0.3) is 0 Å². The molecule has 6 heteroatoms. The van der Waals surface area contributed by atoms with Crippen LogP contribution in [-0.2, 0) is 13.1 Å². The number of ether oxygens (including phenoxy) is 1. The molecule has 0 saturated carbocycles. The number of piperidine rings is 1. The standard InChI is InChI=1S/C26H29ClN4O/c1-3-21-6-4-5-11-31(21)17-20-16-29-24-9-7-18(14-28)12-22(24)26(20)30-15-19-8-10-25(32-2)23(27)13-19/h7-10,12-13,16,21H,3-6,11,15,17H2,1-2H3,(H,29,30). The van der Waals surface area contributed by atoms with Crippen LogP contribution in [0.15, 0.2) is 42.6 Å². The van der Waals surface area contributed by atoms with Gasteiger partial charge in [-0.05, 0) is 61.7 Å². The van der Waals surface area contributed by atoms with Crippen LogP contribution in [0.1, 0.15) is 49.3 Å². The van der Waals surface area contributed by atoms with Crippen LogP contribution in [0.3, 0.4) is 0 Å². The van der Waals surface area contributed by atoms with Crippen molar-refractivity contribution >= 4 is 28.2 Å². The average molecular weight is 449 g/mol. The van der Waals surface area contributed by atoms with Gasteiger partial charge in [0.05, 0.1) is 29.3 Å². The molecule has 1 atom stereocenters. The molecule has 1 aromatic heterocycles. The van der Waals surface area contributed by atoms with E-state index in [1.165, 1.54) is 19.3 Å². The Bertz CT molecular complexity index is 1140. The van der Waals surface area contributed by atoms with Crippen molar-refractivity contribution < 1.29 is 4.74 Å². The first-order valence-corrected chi connectivity index (χ1v) is 11.6. The third kappa shape index (κ3) is 4.82. The number of nitrogens with zero attached hydrogens (tertiary/aromatic N) is 3. The fraction of sp³-hybridized carbons (Fsp3) is 0.385. The summed E-state index contributed by atoms with van der Waals surface area (Å²) in [6, 6.07) is 14.4. The number of rotatable bonds is 7. The average Bonchev–Trinajstić information content (AvgIpc) is 2.83. The van der Waals surface area contributed by atoms with Gasteiger partial charge in [0.15, 0.2) is 0 Å². The topological polar surface area (TPSA) is 61.2 Å². The molecule has 0 aliphatic carbocycles. The minimum Gasteiger partial charge on any atom is -0.495 e. The Hall–Kier alpha value is -2.81. The maximum absolute atomic E-state index is 9.45. The second kappa shape index (κ2) is 10.2. The van der Waals surface area contributed by atoms with Gasteiger partial charge in [-0.1, -0.05) is 31.0 Å². The van der Waals surface area contributed by atoms with Crippen LogP contribution in [-0.4, -0.2) is 29.6 Å². The first kappa shape index (κ1) is 22.4. The van der Waals surface area contributed by atoms with Gasteiger partial charge in [0.2, 0.25) is 0 Å². The normalized spacial score (nSPS) is 16.6. The van der Waals surface area contributed by atoms with E-state index in [1.807, 2.05) is 42.6 Å². The summed E-state index contributed by atoms with van der Waals surface area (Å²) in [4.78, 5) is 7.29. The Kier molecular flexibility index (Phi) is 7.14. The SMILES string of the molecule is CCC1CCCCN1Cc1cnc2ccc(C#N)cc2c1NCc1ccc(OC)c(Cl)c1. The van der Waals surface area contributed by atoms with Crippen molar-refractivity contribution in [2.75, 3.05) is 19.0 Å². The van der Waals surface area contributed by atoms with E-state index in [2.05, 4.69) is 23.2 Å². The lowest BCUT2D eigenvalue weighted by atomic mass is 9.98. The molecule has 4 rings (SSSR count). The number of methoxy groups -OCH3 is 1. The van der Waals surface area contributed by atoms with Gasteiger partial charge in [0.1, 0.15) is 5.75 Å². The van der Waals surface area contributed by atoms with Crippen molar-refractivity contribution in [2.45, 2.75) is 51.7 Å². The number of aromatic nitrogens is 1. The second-order valence-corrected chi connectivity index (χ2v) is 8.76. The smallest absolute Gasteiger partial charge is 0.137 e. The summed E-state index contributed by atoms with van der Waals surface area (Å²) in [6.45, 7) is 4.85. The summed E-state index contributed by atoms with van der Waals surface area (Å²) in [5.41, 5.74) is 4.78. The minimum atomic E-state index is 0.595. The quantitative estimate of drug-likeness (QED) is 0.470. The van der Waals surface area contributed by atoms with Crippen LogP contribution >= 0.6 is 11.6 Å². The molecule has 1 aliphatic rings. The van der Waals surface area contributed by atoms with Crippen molar-refractivity contribution in [2.24, 2.45) is 0 Å². The van der Waals surface area contributed by atoms with Crippen LogP contribution in [0.5, 0.6) is 5.75 Å². The number of hydrogen-bond acceptors (Lipinski definition) is 5. The summed E-state index contributed by atoms with van der Waals surface area (Å²) in [7, 11) is 1.62. The van der Waals surface area contributed by atoms with Crippen molar-refractivity contribution in [3.63, 3.8) is 0 Å². The summed E-state index contributed by atoms with van der Waals surface area (Å²) in [5, 5.41) is 14.7. The van der Waals surface area contributed by atoms with Gasteiger partial charge >= 0.3 is 0 Å². The molecule has 1 N–H and O–H groups in total. The summed E-state index contributed by atoms with van der Waals surface area (Å²) < 4.78 is 5.27. The zero-order chi connectivity index (χ0) is 22.5. The Balaban J connectivity index is 1.69. The molecule has 1 fully saturated rings. The number of benzene rings is 2. The Morgan fingerprint density at radius 3 is 2.88 bits per heavy atom. The lowest BCUT2D eigenvalue weighted by Crippen LogP contribution is -2.38. The molecule has 3 aromatic rings. The molecule has 0 spiro atoms. The van der Waals surface area contributed by atoms with Crippen molar-refractivity contribution in [3.8, 4) is 11.8 Å². The predicted molar refractivity (Wildman–Crippen MR) is 130 cm³/mol. The fourth-order valence-corrected chi connectivity index (χ4v) is 4.87. The van der Waals surface area contributed by atoms with Crippen LogP contribution in [0.25, 0.3) is 10.9 Å². The number of pyridine rings is 1. The van der Waals surface area contributed by atoms with Crippen LogP contribution < -0.4 is 10.1 Å². The number of fused-ring (bicyclic) bond motifs is 1. The maximum atomic E-state index is 9.45. The number of anilines is 1. The first-order valence-electron chi connectivity index (χ1n) is 11.2. The maximum Gasteiger partial charge on any atom is 0.137 e. The molecule has 0 bridgehead atoms. The summed E-state index contributed by atoms with van der Waals surface area (Å²) in [6.07, 6.45) is 6.94. The molecule has 5 nitrogen and oxygen atoms in total. The van der Waals surface area contributed by atoms with E-state index < -0.39 is 0 Å². The minimum absolute atomic E-state index is 0.595. The Morgan fingerprint density at radius 1 is 1.25 bits per heavy atom. The van der Waals surface area contributed by atoms with Gasteiger partial charge in [0, 0.05) is 42.0 Å². The summed E-state index contributed by atoms with van der Waals surface area (Å²) in [5.74, 6) is 0.667. The molecule has 32 heavy (non-hydrogen) atoms. The predicted octanol–water partition coefficient (Wildman–Crippen LogP) is 6.15. The molecular formula is C26H29ClN4O. The molecular weight excluding hydrogens is 420 g/mol. The van der Waals surface area contributed by atoms with E-state index in [0.29, 0.717) is 28.9 Å². The first-order chi connectivity index (χ1) is 15.6. The lowest BCUT2D eigenvalue weighted by Gasteiger charge is -2.35. The third-order valence-electron chi connectivity index (χ3n) is 6.35. The molecule has 0 radical (unpaired) electrons. The largest absolute Gasteiger partial charge is 0.495 e. The number of halogens is 1. The molecule has 1 unspecified atom stereocenters. The van der Waals surface area contributed by atoms with Gasteiger partial charge in [-0.2, -0.15) is 5.26 Å². The molecule has 2 aromatic carbocycles. The van der Waals surface area contributed by atoms with Gasteiger partial charge in [-0.25, -0.2) is 0 Å². The number of hydrogen-bond donors (Lipinski definition) is 1. The Morgan fingerprint density at radius 2 is 2.12 bits per heavy atom. The highest BCUT2D eigenvalue weighted by Crippen LogP contribution is 2.31. The van der Waals surface area contributed by atoms with Gasteiger partial charge in [-0.3, -0.25) is 9.88 Å². The highest BCUT2D eigenvalue weighted by atomic mass is 35.5. The molecule has 1 saturated heterocycles. The van der Waals surface area contributed by atoms with E-state index in [0.717, 1.165) is 47.2 Å². The molecule has 1 aliphatic heterocycles. The third-order valence-corrected chi connectivity index (χ3v) is 6.65. The van der Waals surface area contributed by atoms with Crippen molar-refractivity contribution in [1.29, 1.82) is 5.26 Å².